The summed E-state index contributed by atoms with van der Waals surface area (Å²) in [6.45, 7) is 3.46. The minimum absolute atomic E-state index is 0.424. The Kier molecular flexibility index (Phi) is 5.40. The van der Waals surface area contributed by atoms with Crippen molar-refractivity contribution in [3.63, 3.8) is 0 Å². The third-order valence-corrected chi connectivity index (χ3v) is 2.59. The van der Waals surface area contributed by atoms with Crippen LogP contribution >= 0.6 is 0 Å². The van der Waals surface area contributed by atoms with Crippen molar-refractivity contribution in [3.05, 3.63) is 0 Å². The molecule has 0 bridgehead atoms. The molecular formula is C10H21NO3. The summed E-state index contributed by atoms with van der Waals surface area (Å²) in [7, 11) is 1.66. The lowest BCUT2D eigenvalue weighted by atomic mass is 9.80. The van der Waals surface area contributed by atoms with Crippen LogP contribution in [0.25, 0.3) is 0 Å². The highest BCUT2D eigenvalue weighted by Crippen LogP contribution is 2.30. The van der Waals surface area contributed by atoms with E-state index in [1.54, 1.807) is 7.11 Å². The van der Waals surface area contributed by atoms with Crippen LogP contribution in [0.15, 0.2) is 0 Å². The summed E-state index contributed by atoms with van der Waals surface area (Å²) in [6.07, 6.45) is 3.03. The molecule has 0 heterocycles. The summed E-state index contributed by atoms with van der Waals surface area (Å²) in [4.78, 5) is 0. The van der Waals surface area contributed by atoms with E-state index in [1.165, 1.54) is 0 Å². The first-order chi connectivity index (χ1) is 6.77. The van der Waals surface area contributed by atoms with E-state index in [0.717, 1.165) is 25.8 Å². The normalized spacial score (nSPS) is 19.3. The molecule has 14 heavy (non-hydrogen) atoms. The molecule has 4 nitrogen and oxygen atoms in total. The summed E-state index contributed by atoms with van der Waals surface area (Å²) in [6, 6.07) is 0. The summed E-state index contributed by atoms with van der Waals surface area (Å²) >= 11 is 0. The zero-order chi connectivity index (χ0) is 10.3. The Morgan fingerprint density at radius 2 is 2.07 bits per heavy atom. The number of hydrogen-bond acceptors (Lipinski definition) is 4. The molecule has 0 aromatic carbocycles. The Morgan fingerprint density at radius 1 is 1.29 bits per heavy atom. The molecule has 0 aliphatic heterocycles. The zero-order valence-electron chi connectivity index (χ0n) is 8.92. The summed E-state index contributed by atoms with van der Waals surface area (Å²) < 4.78 is 10.1. The van der Waals surface area contributed by atoms with Gasteiger partial charge in [0.2, 0.25) is 0 Å². The second kappa shape index (κ2) is 6.35. The molecule has 0 atom stereocenters. The van der Waals surface area contributed by atoms with Gasteiger partial charge in [-0.15, -0.1) is 0 Å². The first-order valence-corrected chi connectivity index (χ1v) is 5.27. The summed E-state index contributed by atoms with van der Waals surface area (Å²) in [5, 5.41) is 12.9. The molecule has 1 aliphatic carbocycles. The Labute approximate surface area is 85.6 Å². The molecule has 2 N–H and O–H groups in total. The average molecular weight is 203 g/mol. The topological polar surface area (TPSA) is 50.7 Å². The first-order valence-electron chi connectivity index (χ1n) is 5.27. The quantitative estimate of drug-likeness (QED) is 0.552. The molecule has 1 rings (SSSR count). The van der Waals surface area contributed by atoms with Crippen LogP contribution in [0.4, 0.5) is 0 Å². The van der Waals surface area contributed by atoms with Gasteiger partial charge in [-0.05, 0) is 19.3 Å². The molecular weight excluding hydrogens is 182 g/mol. The largest absolute Gasteiger partial charge is 0.389 e. The predicted octanol–water partition coefficient (Wildman–Crippen LogP) is 0.154. The van der Waals surface area contributed by atoms with Crippen molar-refractivity contribution in [2.75, 3.05) is 40.0 Å². The zero-order valence-corrected chi connectivity index (χ0v) is 8.92. The van der Waals surface area contributed by atoms with Crippen molar-refractivity contribution in [3.8, 4) is 0 Å². The van der Waals surface area contributed by atoms with E-state index in [1.807, 2.05) is 0 Å². The van der Waals surface area contributed by atoms with E-state index < -0.39 is 5.60 Å². The molecule has 0 aromatic rings. The van der Waals surface area contributed by atoms with Crippen LogP contribution in [-0.2, 0) is 9.47 Å². The van der Waals surface area contributed by atoms with Crippen molar-refractivity contribution in [2.45, 2.75) is 24.9 Å². The lowest BCUT2D eigenvalue weighted by Crippen LogP contribution is -2.46. The standard InChI is InChI=1S/C10H21NO3/c1-13-7-8-14-6-5-11-9-10(12)3-2-4-10/h11-12H,2-9H2,1H3. The highest BCUT2D eigenvalue weighted by Gasteiger charge is 2.33. The van der Waals surface area contributed by atoms with Crippen molar-refractivity contribution >= 4 is 0 Å². The van der Waals surface area contributed by atoms with Crippen molar-refractivity contribution in [1.82, 2.24) is 5.32 Å². The Morgan fingerprint density at radius 3 is 2.64 bits per heavy atom. The van der Waals surface area contributed by atoms with Gasteiger partial charge in [0.05, 0.1) is 25.4 Å². The third kappa shape index (κ3) is 4.37. The van der Waals surface area contributed by atoms with Gasteiger partial charge in [-0.3, -0.25) is 0 Å². The van der Waals surface area contributed by atoms with Crippen molar-refractivity contribution < 1.29 is 14.6 Å². The molecule has 0 radical (unpaired) electrons. The van der Waals surface area contributed by atoms with Crippen molar-refractivity contribution in [2.24, 2.45) is 0 Å². The Hall–Kier alpha value is -0.160. The third-order valence-electron chi connectivity index (χ3n) is 2.59. The molecule has 0 amide bonds. The first kappa shape index (κ1) is 11.9. The minimum atomic E-state index is -0.424. The smallest absolute Gasteiger partial charge is 0.0771 e. The van der Waals surface area contributed by atoms with E-state index >= 15 is 0 Å². The lowest BCUT2D eigenvalue weighted by molar-refractivity contribution is -0.0324. The van der Waals surface area contributed by atoms with E-state index in [9.17, 15) is 5.11 Å². The fourth-order valence-electron chi connectivity index (χ4n) is 1.47. The maximum Gasteiger partial charge on any atom is 0.0771 e. The van der Waals surface area contributed by atoms with Gasteiger partial charge in [0.1, 0.15) is 0 Å². The van der Waals surface area contributed by atoms with Gasteiger partial charge < -0.3 is 19.9 Å². The van der Waals surface area contributed by atoms with Gasteiger partial charge in [0.25, 0.3) is 0 Å². The van der Waals surface area contributed by atoms with Gasteiger partial charge in [0, 0.05) is 20.2 Å². The average Bonchev–Trinajstić information content (AvgIpc) is 2.14. The Balaban J connectivity index is 1.80. The fourth-order valence-corrected chi connectivity index (χ4v) is 1.47. The fraction of sp³-hybridized carbons (Fsp3) is 1.00. The van der Waals surface area contributed by atoms with Crippen LogP contribution < -0.4 is 5.32 Å². The number of aliphatic hydroxyl groups is 1. The molecule has 1 saturated carbocycles. The van der Waals surface area contributed by atoms with Crippen LogP contribution in [-0.4, -0.2) is 50.7 Å². The predicted molar refractivity (Wildman–Crippen MR) is 54.4 cm³/mol. The molecule has 84 valence electrons. The highest BCUT2D eigenvalue weighted by atomic mass is 16.5. The summed E-state index contributed by atoms with van der Waals surface area (Å²) in [5.74, 6) is 0. The van der Waals surface area contributed by atoms with Crippen LogP contribution in [0.2, 0.25) is 0 Å². The number of ether oxygens (including phenoxy) is 2. The summed E-state index contributed by atoms with van der Waals surface area (Å²) in [5.41, 5.74) is -0.424. The monoisotopic (exact) mass is 203 g/mol. The van der Waals surface area contributed by atoms with Gasteiger partial charge in [0.15, 0.2) is 0 Å². The molecule has 0 unspecified atom stereocenters. The molecule has 1 fully saturated rings. The minimum Gasteiger partial charge on any atom is -0.389 e. The molecule has 0 spiro atoms. The second-order valence-electron chi connectivity index (χ2n) is 3.86. The number of rotatable bonds is 8. The van der Waals surface area contributed by atoms with Gasteiger partial charge in [-0.25, -0.2) is 0 Å². The lowest BCUT2D eigenvalue weighted by Gasteiger charge is -2.36. The SMILES string of the molecule is COCCOCCNCC1(O)CCC1. The Bertz CT molecular complexity index is 148. The van der Waals surface area contributed by atoms with Crippen molar-refractivity contribution in [1.29, 1.82) is 0 Å². The maximum atomic E-state index is 9.73. The van der Waals surface area contributed by atoms with Gasteiger partial charge in [-0.2, -0.15) is 0 Å². The highest BCUT2D eigenvalue weighted by molar-refractivity contribution is 4.89. The van der Waals surface area contributed by atoms with Crippen LogP contribution in [0.1, 0.15) is 19.3 Å². The van der Waals surface area contributed by atoms with Crippen LogP contribution in [0, 0.1) is 0 Å². The van der Waals surface area contributed by atoms with Crippen LogP contribution in [0.5, 0.6) is 0 Å². The molecule has 0 aromatic heterocycles. The molecule has 0 saturated heterocycles. The number of nitrogens with one attached hydrogen (secondary N) is 1. The number of hydrogen-bond donors (Lipinski definition) is 2. The van der Waals surface area contributed by atoms with E-state index in [0.29, 0.717) is 26.4 Å². The van der Waals surface area contributed by atoms with E-state index in [2.05, 4.69) is 5.32 Å². The second-order valence-corrected chi connectivity index (χ2v) is 3.86. The van der Waals surface area contributed by atoms with Crippen LogP contribution in [0.3, 0.4) is 0 Å². The maximum absolute atomic E-state index is 9.73. The van der Waals surface area contributed by atoms with Gasteiger partial charge in [-0.1, -0.05) is 0 Å². The molecule has 4 heteroatoms. The van der Waals surface area contributed by atoms with Gasteiger partial charge >= 0.3 is 0 Å². The van der Waals surface area contributed by atoms with E-state index in [4.69, 9.17) is 9.47 Å². The molecule has 1 aliphatic rings. The number of methoxy groups -OCH3 is 1. The van der Waals surface area contributed by atoms with E-state index in [-0.39, 0.29) is 0 Å².